The Hall–Kier alpha value is -4.05. The van der Waals surface area contributed by atoms with Gasteiger partial charge in [-0.2, -0.15) is 0 Å². The van der Waals surface area contributed by atoms with E-state index in [1.54, 1.807) is 48.5 Å². The van der Waals surface area contributed by atoms with Gasteiger partial charge in [0.1, 0.15) is 11.5 Å². The zero-order chi connectivity index (χ0) is 25.4. The zero-order valence-corrected chi connectivity index (χ0v) is 20.3. The second kappa shape index (κ2) is 11.4. The van der Waals surface area contributed by atoms with Crippen molar-refractivity contribution < 1.29 is 32.2 Å². The maximum atomic E-state index is 12.8. The number of sulfonamides is 1. The van der Waals surface area contributed by atoms with Crippen LogP contribution in [0.2, 0.25) is 0 Å². The van der Waals surface area contributed by atoms with Crippen LogP contribution in [0.15, 0.2) is 77.7 Å². The van der Waals surface area contributed by atoms with Gasteiger partial charge in [0, 0.05) is 5.69 Å². The molecule has 1 amide bonds. The van der Waals surface area contributed by atoms with Crippen LogP contribution in [-0.4, -0.2) is 40.1 Å². The van der Waals surface area contributed by atoms with Crippen molar-refractivity contribution in [3.63, 3.8) is 0 Å². The first kappa shape index (κ1) is 25.6. The number of methoxy groups -OCH3 is 1. The largest absolute Gasteiger partial charge is 0.497 e. The summed E-state index contributed by atoms with van der Waals surface area (Å²) < 4.78 is 43.8. The summed E-state index contributed by atoms with van der Waals surface area (Å²) in [4.78, 5) is 25.2. The standard InChI is InChI=1S/C25H26N2O7S/c1-4-33-20-13-15-21(16-14-20)35(30,31)27-23-8-6-5-7-22(23)25(29)34-17(2)24(28)26-18-9-11-19(32-3)12-10-18/h5-17,27H,4H2,1-3H3,(H,26,28). The molecular formula is C25H26N2O7S. The highest BCUT2D eigenvalue weighted by molar-refractivity contribution is 7.92. The maximum absolute atomic E-state index is 12.8. The van der Waals surface area contributed by atoms with Crippen molar-refractivity contribution in [3.05, 3.63) is 78.4 Å². The SMILES string of the molecule is CCOc1ccc(S(=O)(=O)Nc2ccccc2C(=O)OC(C)C(=O)Nc2ccc(OC)cc2)cc1. The van der Waals surface area contributed by atoms with Gasteiger partial charge < -0.3 is 19.5 Å². The lowest BCUT2D eigenvalue weighted by Crippen LogP contribution is -2.30. The molecule has 0 radical (unpaired) electrons. The minimum Gasteiger partial charge on any atom is -0.497 e. The Balaban J connectivity index is 1.70. The van der Waals surface area contributed by atoms with Crippen molar-refractivity contribution in [3.8, 4) is 11.5 Å². The normalized spacial score (nSPS) is 11.7. The van der Waals surface area contributed by atoms with Crippen LogP contribution in [0.5, 0.6) is 11.5 Å². The van der Waals surface area contributed by atoms with Gasteiger partial charge in [-0.3, -0.25) is 9.52 Å². The Morgan fingerprint density at radius 3 is 2.17 bits per heavy atom. The number of hydrogen-bond acceptors (Lipinski definition) is 7. The Labute approximate surface area is 204 Å². The molecule has 3 aromatic rings. The van der Waals surface area contributed by atoms with Crippen LogP contribution in [0.1, 0.15) is 24.2 Å². The fraction of sp³-hybridized carbons (Fsp3) is 0.200. The molecule has 0 fully saturated rings. The fourth-order valence-electron chi connectivity index (χ4n) is 3.03. The first-order chi connectivity index (χ1) is 16.7. The molecule has 0 saturated heterocycles. The van der Waals surface area contributed by atoms with Crippen LogP contribution in [0.25, 0.3) is 0 Å². The van der Waals surface area contributed by atoms with Crippen molar-refractivity contribution in [1.29, 1.82) is 0 Å². The highest BCUT2D eigenvalue weighted by Crippen LogP contribution is 2.23. The Bertz CT molecular complexity index is 1270. The molecule has 0 spiro atoms. The van der Waals surface area contributed by atoms with E-state index in [0.29, 0.717) is 23.8 Å². The van der Waals surface area contributed by atoms with Gasteiger partial charge in [0.2, 0.25) is 0 Å². The number of carbonyl (C=O) groups excluding carboxylic acids is 2. The Morgan fingerprint density at radius 2 is 1.54 bits per heavy atom. The molecule has 0 bridgehead atoms. The van der Waals surface area contributed by atoms with Gasteiger partial charge in [0.05, 0.1) is 29.9 Å². The van der Waals surface area contributed by atoms with Gasteiger partial charge in [-0.15, -0.1) is 0 Å². The molecule has 2 N–H and O–H groups in total. The lowest BCUT2D eigenvalue weighted by atomic mass is 10.2. The first-order valence-electron chi connectivity index (χ1n) is 10.7. The van der Waals surface area contributed by atoms with Gasteiger partial charge in [-0.25, -0.2) is 13.2 Å². The second-order valence-corrected chi connectivity index (χ2v) is 9.00. The maximum Gasteiger partial charge on any atom is 0.341 e. The fourth-order valence-corrected chi connectivity index (χ4v) is 4.11. The van der Waals surface area contributed by atoms with E-state index in [1.807, 2.05) is 6.92 Å². The number of anilines is 2. The Kier molecular flexibility index (Phi) is 8.32. The quantitative estimate of drug-likeness (QED) is 0.404. The molecule has 35 heavy (non-hydrogen) atoms. The minimum atomic E-state index is -4.00. The lowest BCUT2D eigenvalue weighted by molar-refractivity contribution is -0.123. The van der Waals surface area contributed by atoms with E-state index in [0.717, 1.165) is 0 Å². The third kappa shape index (κ3) is 6.73. The number of rotatable bonds is 10. The van der Waals surface area contributed by atoms with E-state index < -0.39 is 28.0 Å². The van der Waals surface area contributed by atoms with Crippen molar-refractivity contribution in [2.24, 2.45) is 0 Å². The molecular weight excluding hydrogens is 472 g/mol. The number of nitrogens with one attached hydrogen (secondary N) is 2. The third-order valence-corrected chi connectivity index (χ3v) is 6.23. The van der Waals surface area contributed by atoms with E-state index in [2.05, 4.69) is 10.0 Å². The Morgan fingerprint density at radius 1 is 0.914 bits per heavy atom. The predicted molar refractivity (Wildman–Crippen MR) is 131 cm³/mol. The van der Waals surface area contributed by atoms with Gasteiger partial charge in [-0.05, 0) is 74.5 Å². The number of hydrogen-bond donors (Lipinski definition) is 2. The molecule has 0 aliphatic heterocycles. The molecule has 0 saturated carbocycles. The number of benzene rings is 3. The van der Waals surface area contributed by atoms with Crippen molar-refractivity contribution in [1.82, 2.24) is 0 Å². The second-order valence-electron chi connectivity index (χ2n) is 7.32. The highest BCUT2D eigenvalue weighted by Gasteiger charge is 2.23. The first-order valence-corrected chi connectivity index (χ1v) is 12.2. The van der Waals surface area contributed by atoms with Crippen LogP contribution in [0.3, 0.4) is 0 Å². The molecule has 3 aromatic carbocycles. The topological polar surface area (TPSA) is 120 Å². The summed E-state index contributed by atoms with van der Waals surface area (Å²) in [7, 11) is -2.46. The van der Waals surface area contributed by atoms with Gasteiger partial charge >= 0.3 is 5.97 Å². The van der Waals surface area contributed by atoms with Crippen molar-refractivity contribution in [2.45, 2.75) is 24.8 Å². The summed E-state index contributed by atoms with van der Waals surface area (Å²) in [6.45, 7) is 3.70. The number of ether oxygens (including phenoxy) is 3. The molecule has 0 aromatic heterocycles. The van der Waals surface area contributed by atoms with Crippen LogP contribution in [0, 0.1) is 0 Å². The number of para-hydroxylation sites is 1. The number of amides is 1. The van der Waals surface area contributed by atoms with Crippen LogP contribution in [0.4, 0.5) is 11.4 Å². The summed E-state index contributed by atoms with van der Waals surface area (Å²) in [6, 6.07) is 18.5. The average Bonchev–Trinajstić information content (AvgIpc) is 2.85. The van der Waals surface area contributed by atoms with E-state index in [1.165, 1.54) is 38.3 Å². The summed E-state index contributed by atoms with van der Waals surface area (Å²) in [5.74, 6) is -0.229. The summed E-state index contributed by atoms with van der Waals surface area (Å²) in [5.41, 5.74) is 0.488. The van der Waals surface area contributed by atoms with E-state index in [9.17, 15) is 18.0 Å². The highest BCUT2D eigenvalue weighted by atomic mass is 32.2. The van der Waals surface area contributed by atoms with E-state index in [-0.39, 0.29) is 16.1 Å². The summed E-state index contributed by atoms with van der Waals surface area (Å²) in [5, 5.41) is 2.64. The van der Waals surface area contributed by atoms with Crippen LogP contribution in [-0.2, 0) is 19.6 Å². The van der Waals surface area contributed by atoms with E-state index in [4.69, 9.17) is 14.2 Å². The minimum absolute atomic E-state index is 0.00337. The molecule has 1 unspecified atom stereocenters. The third-order valence-electron chi connectivity index (χ3n) is 4.85. The molecule has 10 heteroatoms. The molecule has 0 aliphatic carbocycles. The molecule has 0 aliphatic rings. The summed E-state index contributed by atoms with van der Waals surface area (Å²) in [6.07, 6.45) is -1.14. The van der Waals surface area contributed by atoms with Crippen molar-refractivity contribution in [2.75, 3.05) is 23.8 Å². The molecule has 9 nitrogen and oxygen atoms in total. The average molecular weight is 499 g/mol. The van der Waals surface area contributed by atoms with Gasteiger partial charge in [0.25, 0.3) is 15.9 Å². The van der Waals surface area contributed by atoms with E-state index >= 15 is 0 Å². The number of carbonyl (C=O) groups is 2. The van der Waals surface area contributed by atoms with Gasteiger partial charge in [0.15, 0.2) is 6.10 Å². The summed E-state index contributed by atoms with van der Waals surface area (Å²) >= 11 is 0. The smallest absolute Gasteiger partial charge is 0.341 e. The van der Waals surface area contributed by atoms with Gasteiger partial charge in [-0.1, -0.05) is 12.1 Å². The van der Waals surface area contributed by atoms with Crippen LogP contribution < -0.4 is 19.5 Å². The molecule has 0 heterocycles. The zero-order valence-electron chi connectivity index (χ0n) is 19.5. The number of esters is 1. The van der Waals surface area contributed by atoms with Crippen LogP contribution >= 0.6 is 0 Å². The molecule has 1 atom stereocenters. The predicted octanol–water partition coefficient (Wildman–Crippen LogP) is 4.08. The van der Waals surface area contributed by atoms with Crippen molar-refractivity contribution >= 4 is 33.3 Å². The molecule has 184 valence electrons. The molecule has 3 rings (SSSR count). The monoisotopic (exact) mass is 498 g/mol. The lowest BCUT2D eigenvalue weighted by Gasteiger charge is -2.16.